The summed E-state index contributed by atoms with van der Waals surface area (Å²) in [5.74, 6) is 4.95. The van der Waals surface area contributed by atoms with Crippen LogP contribution in [-0.4, -0.2) is 30.5 Å². The summed E-state index contributed by atoms with van der Waals surface area (Å²) in [6.07, 6.45) is -3.23. The molecule has 2 aliphatic heterocycles. The summed E-state index contributed by atoms with van der Waals surface area (Å²) in [6.45, 7) is 7.55. The predicted molar refractivity (Wildman–Crippen MR) is 103 cm³/mol. The van der Waals surface area contributed by atoms with Gasteiger partial charge in [0.15, 0.2) is 0 Å². The molecular formula is C20H22BF3N2O3. The summed E-state index contributed by atoms with van der Waals surface area (Å²) < 4.78 is 54.3. The van der Waals surface area contributed by atoms with E-state index in [2.05, 4.69) is 17.2 Å². The van der Waals surface area contributed by atoms with Crippen molar-refractivity contribution in [2.75, 3.05) is 5.32 Å². The minimum Gasteiger partial charge on any atom is -0.399 e. The van der Waals surface area contributed by atoms with Gasteiger partial charge in [0.2, 0.25) is 5.54 Å². The molecule has 0 aromatic heterocycles. The summed E-state index contributed by atoms with van der Waals surface area (Å²) in [5.41, 5.74) is -3.51. The molecule has 0 unspecified atom stereocenters. The van der Waals surface area contributed by atoms with Gasteiger partial charge in [0, 0.05) is 17.2 Å². The summed E-state index contributed by atoms with van der Waals surface area (Å²) in [4.78, 5) is 12.1. The predicted octanol–water partition coefficient (Wildman–Crippen LogP) is 3.29. The van der Waals surface area contributed by atoms with E-state index in [0.29, 0.717) is 5.46 Å². The average molecular weight is 406 g/mol. The molecule has 154 valence electrons. The number of carbonyl (C=O) groups is 1. The lowest BCUT2D eigenvalue weighted by atomic mass is 9.76. The first kappa shape index (κ1) is 20.1. The molecule has 3 aliphatic rings. The van der Waals surface area contributed by atoms with E-state index in [1.54, 1.807) is 0 Å². The van der Waals surface area contributed by atoms with Crippen LogP contribution in [0.2, 0.25) is 0 Å². The highest BCUT2D eigenvalue weighted by molar-refractivity contribution is 6.62. The lowest BCUT2D eigenvalue weighted by molar-refractivity contribution is -0.178. The molecule has 2 heterocycles. The Balaban J connectivity index is 1.77. The zero-order chi connectivity index (χ0) is 21.2. The molecule has 0 bridgehead atoms. The minimum atomic E-state index is -4.78. The van der Waals surface area contributed by atoms with Crippen LogP contribution in [0.5, 0.6) is 0 Å². The van der Waals surface area contributed by atoms with Gasteiger partial charge in [0.25, 0.3) is 0 Å². The van der Waals surface area contributed by atoms with Gasteiger partial charge in [-0.25, -0.2) is 4.79 Å². The number of carbonyl (C=O) groups excluding carboxylic acids is 1. The Labute approximate surface area is 167 Å². The van der Waals surface area contributed by atoms with Crippen molar-refractivity contribution < 1.29 is 27.3 Å². The molecule has 1 atom stereocenters. The van der Waals surface area contributed by atoms with Crippen LogP contribution in [-0.2, 0) is 14.8 Å². The first-order valence-corrected chi connectivity index (χ1v) is 9.53. The molecule has 1 saturated carbocycles. The molecule has 2 fully saturated rings. The summed E-state index contributed by atoms with van der Waals surface area (Å²) in [7, 11) is -0.755. The molecule has 29 heavy (non-hydrogen) atoms. The van der Waals surface area contributed by atoms with Crippen LogP contribution in [0.3, 0.4) is 0 Å². The molecule has 1 saturated heterocycles. The van der Waals surface area contributed by atoms with Gasteiger partial charge in [-0.2, -0.15) is 13.2 Å². The van der Waals surface area contributed by atoms with E-state index < -0.39 is 36.1 Å². The maximum absolute atomic E-state index is 14.1. The second-order valence-corrected chi connectivity index (χ2v) is 8.76. The van der Waals surface area contributed by atoms with E-state index in [1.165, 1.54) is 18.2 Å². The number of benzene rings is 1. The quantitative estimate of drug-likeness (QED) is 0.556. The van der Waals surface area contributed by atoms with Gasteiger partial charge >= 0.3 is 19.3 Å². The number of alkyl halides is 3. The average Bonchev–Trinajstić information content (AvgIpc) is 3.37. The van der Waals surface area contributed by atoms with E-state index in [-0.39, 0.29) is 17.2 Å². The van der Waals surface area contributed by atoms with E-state index in [9.17, 15) is 18.0 Å². The molecule has 9 heteroatoms. The molecule has 2 N–H and O–H groups in total. The molecule has 2 amide bonds. The van der Waals surface area contributed by atoms with Crippen molar-refractivity contribution in [3.05, 3.63) is 23.8 Å². The van der Waals surface area contributed by atoms with Crippen LogP contribution in [0.15, 0.2) is 18.2 Å². The van der Waals surface area contributed by atoms with Crippen molar-refractivity contribution in [2.24, 2.45) is 5.92 Å². The third-order valence-corrected chi connectivity index (χ3v) is 5.99. The van der Waals surface area contributed by atoms with Gasteiger partial charge < -0.3 is 19.9 Å². The van der Waals surface area contributed by atoms with Crippen molar-refractivity contribution in [3.8, 4) is 11.8 Å². The Morgan fingerprint density at radius 3 is 2.31 bits per heavy atom. The minimum absolute atomic E-state index is 0.0448. The Hall–Kier alpha value is -2.18. The number of halogens is 3. The van der Waals surface area contributed by atoms with Crippen molar-refractivity contribution in [1.82, 2.24) is 5.32 Å². The van der Waals surface area contributed by atoms with Crippen molar-refractivity contribution in [2.45, 2.75) is 63.5 Å². The van der Waals surface area contributed by atoms with Crippen LogP contribution in [0, 0.1) is 17.8 Å². The van der Waals surface area contributed by atoms with Crippen LogP contribution >= 0.6 is 0 Å². The summed E-state index contributed by atoms with van der Waals surface area (Å²) in [6, 6.07) is 3.37. The molecule has 1 aromatic carbocycles. The maximum atomic E-state index is 14.1. The number of hydrogen-bond donors (Lipinski definition) is 2. The lowest BCUT2D eigenvalue weighted by Crippen LogP contribution is -2.59. The molecule has 0 radical (unpaired) electrons. The topological polar surface area (TPSA) is 59.6 Å². The lowest BCUT2D eigenvalue weighted by Gasteiger charge is -2.37. The summed E-state index contributed by atoms with van der Waals surface area (Å²) >= 11 is 0. The molecule has 4 rings (SSSR count). The molecule has 1 aromatic rings. The Bertz CT molecular complexity index is 915. The monoisotopic (exact) mass is 406 g/mol. The van der Waals surface area contributed by atoms with Crippen molar-refractivity contribution in [3.63, 3.8) is 0 Å². The highest BCUT2D eigenvalue weighted by Crippen LogP contribution is 2.44. The van der Waals surface area contributed by atoms with Gasteiger partial charge in [-0.05, 0) is 52.1 Å². The number of urea groups is 1. The number of amides is 2. The first-order valence-electron chi connectivity index (χ1n) is 9.53. The number of rotatable bonds is 1. The smallest absolute Gasteiger partial charge is 0.399 e. The highest BCUT2D eigenvalue weighted by atomic mass is 19.4. The SMILES string of the molecule is CC1(C)OB(c2ccc3c(c2)NC(=O)N[C@]3(C#CC2CC2)C(F)(F)F)OC1(C)C. The molecule has 1 aliphatic carbocycles. The fourth-order valence-corrected chi connectivity index (χ4v) is 3.34. The second-order valence-electron chi connectivity index (χ2n) is 8.76. The van der Waals surface area contributed by atoms with Gasteiger partial charge in [-0.3, -0.25) is 0 Å². The Morgan fingerprint density at radius 2 is 1.76 bits per heavy atom. The highest BCUT2D eigenvalue weighted by Gasteiger charge is 2.60. The van der Waals surface area contributed by atoms with Gasteiger partial charge in [-0.1, -0.05) is 24.0 Å². The normalized spacial score (nSPS) is 27.4. The maximum Gasteiger partial charge on any atom is 0.494 e. The number of anilines is 1. The Morgan fingerprint density at radius 1 is 1.14 bits per heavy atom. The van der Waals surface area contributed by atoms with Gasteiger partial charge in [0.05, 0.1) is 11.2 Å². The fraction of sp³-hybridized carbons (Fsp3) is 0.550. The zero-order valence-electron chi connectivity index (χ0n) is 16.7. The zero-order valence-corrected chi connectivity index (χ0v) is 16.7. The largest absolute Gasteiger partial charge is 0.494 e. The standard InChI is InChI=1S/C20H22BF3N2O3/c1-17(2)18(3,4)29-21(28-17)13-7-8-14-15(11-13)25-16(27)26-19(14,20(22,23)24)10-9-12-5-6-12/h7-8,11-12H,5-6H2,1-4H3,(H2,25,26,27)/t19-/m0/s1. The first-order chi connectivity index (χ1) is 13.3. The van der Waals surface area contributed by atoms with E-state index in [1.807, 2.05) is 33.0 Å². The molecular weight excluding hydrogens is 384 g/mol. The van der Waals surface area contributed by atoms with Crippen LogP contribution < -0.4 is 16.1 Å². The van der Waals surface area contributed by atoms with Crippen molar-refractivity contribution >= 4 is 24.3 Å². The number of nitrogens with one attached hydrogen (secondary N) is 2. The molecule has 0 spiro atoms. The van der Waals surface area contributed by atoms with Gasteiger partial charge in [0.1, 0.15) is 0 Å². The van der Waals surface area contributed by atoms with Crippen LogP contribution in [0.4, 0.5) is 23.7 Å². The molecule has 5 nitrogen and oxygen atoms in total. The third kappa shape index (κ3) is 3.28. The second kappa shape index (κ2) is 6.16. The Kier molecular flexibility index (Phi) is 4.27. The van der Waals surface area contributed by atoms with Crippen LogP contribution in [0.25, 0.3) is 0 Å². The van der Waals surface area contributed by atoms with Crippen molar-refractivity contribution in [1.29, 1.82) is 0 Å². The van der Waals surface area contributed by atoms with Crippen LogP contribution in [0.1, 0.15) is 46.1 Å². The third-order valence-electron chi connectivity index (χ3n) is 5.99. The van der Waals surface area contributed by atoms with E-state index in [4.69, 9.17) is 9.31 Å². The number of hydrogen-bond acceptors (Lipinski definition) is 3. The summed E-state index contributed by atoms with van der Waals surface area (Å²) in [5, 5.41) is 4.48. The van der Waals surface area contributed by atoms with Gasteiger partial charge in [-0.15, -0.1) is 0 Å². The fourth-order valence-electron chi connectivity index (χ4n) is 3.34. The van der Waals surface area contributed by atoms with E-state index in [0.717, 1.165) is 12.8 Å². The number of fused-ring (bicyclic) bond motifs is 1. The van der Waals surface area contributed by atoms with E-state index >= 15 is 0 Å².